The van der Waals surface area contributed by atoms with Crippen LogP contribution in [0.15, 0.2) is 30.9 Å². The second-order valence-electron chi connectivity index (χ2n) is 5.82. The van der Waals surface area contributed by atoms with Crippen LogP contribution in [0, 0.1) is 0 Å². The lowest BCUT2D eigenvalue weighted by Crippen LogP contribution is -2.44. The van der Waals surface area contributed by atoms with Gasteiger partial charge in [0.05, 0.1) is 13.7 Å². The minimum Gasteiger partial charge on any atom is -0.493 e. The molecule has 0 atom stereocenters. The van der Waals surface area contributed by atoms with E-state index in [2.05, 4.69) is 29.5 Å². The second-order valence-corrected chi connectivity index (χ2v) is 5.82. The molecule has 22 heavy (non-hydrogen) atoms. The Kier molecular flexibility index (Phi) is 6.74. The van der Waals surface area contributed by atoms with E-state index in [1.54, 1.807) is 7.11 Å². The van der Waals surface area contributed by atoms with Crippen molar-refractivity contribution in [1.29, 1.82) is 0 Å². The molecule has 0 bridgehead atoms. The van der Waals surface area contributed by atoms with Gasteiger partial charge >= 0.3 is 0 Å². The summed E-state index contributed by atoms with van der Waals surface area (Å²) in [6.45, 7) is 10.2. The number of likely N-dealkylation sites (N-methyl/N-ethyl adjacent to an activating group) is 1. The number of benzene rings is 1. The van der Waals surface area contributed by atoms with E-state index in [0.29, 0.717) is 0 Å². The van der Waals surface area contributed by atoms with E-state index in [1.165, 1.54) is 18.7 Å². The van der Waals surface area contributed by atoms with Crippen molar-refractivity contribution in [2.75, 3.05) is 53.5 Å². The molecule has 1 fully saturated rings. The Morgan fingerprint density at radius 1 is 1.18 bits per heavy atom. The topological polar surface area (TPSA) is 24.9 Å². The molecule has 1 aromatic rings. The summed E-state index contributed by atoms with van der Waals surface area (Å²) in [6.07, 6.45) is 3.78. The van der Waals surface area contributed by atoms with E-state index < -0.39 is 0 Å². The van der Waals surface area contributed by atoms with Gasteiger partial charge < -0.3 is 19.3 Å². The number of allylic oxidation sites excluding steroid dienone is 1. The predicted octanol–water partition coefficient (Wildman–Crippen LogP) is 2.44. The highest BCUT2D eigenvalue weighted by atomic mass is 16.5. The molecule has 0 aromatic heterocycles. The number of ether oxygens (including phenoxy) is 2. The molecule has 2 rings (SSSR count). The quantitative estimate of drug-likeness (QED) is 0.544. The molecule has 1 heterocycles. The zero-order valence-electron chi connectivity index (χ0n) is 13.9. The van der Waals surface area contributed by atoms with Crippen LogP contribution in [0.4, 0.5) is 0 Å². The highest BCUT2D eigenvalue weighted by Crippen LogP contribution is 2.28. The van der Waals surface area contributed by atoms with E-state index in [1.807, 2.05) is 18.2 Å². The molecular formula is C18H28N2O2. The lowest BCUT2D eigenvalue weighted by Gasteiger charge is -2.32. The SMILES string of the molecule is C=CCc1ccc(OCCCN2CCN(C)CC2)c(OC)c1. The normalized spacial score (nSPS) is 16.5. The van der Waals surface area contributed by atoms with Crippen molar-refractivity contribution >= 4 is 0 Å². The molecule has 1 saturated heterocycles. The van der Waals surface area contributed by atoms with Crippen LogP contribution in [0.2, 0.25) is 0 Å². The molecule has 0 unspecified atom stereocenters. The molecule has 0 N–H and O–H groups in total. The van der Waals surface area contributed by atoms with Gasteiger partial charge in [-0.15, -0.1) is 6.58 Å². The monoisotopic (exact) mass is 304 g/mol. The third-order valence-corrected chi connectivity index (χ3v) is 4.08. The Labute approximate surface area is 134 Å². The van der Waals surface area contributed by atoms with Gasteiger partial charge in [-0.2, -0.15) is 0 Å². The summed E-state index contributed by atoms with van der Waals surface area (Å²) >= 11 is 0. The first-order chi connectivity index (χ1) is 10.7. The van der Waals surface area contributed by atoms with Crippen LogP contribution in [0.3, 0.4) is 0 Å². The van der Waals surface area contributed by atoms with Gasteiger partial charge in [-0.1, -0.05) is 12.1 Å². The van der Waals surface area contributed by atoms with Crippen molar-refractivity contribution < 1.29 is 9.47 Å². The van der Waals surface area contributed by atoms with Crippen molar-refractivity contribution in [3.63, 3.8) is 0 Å². The summed E-state index contributed by atoms with van der Waals surface area (Å²) in [7, 11) is 3.87. The molecule has 0 amide bonds. The Bertz CT molecular complexity index is 468. The molecule has 1 aliphatic heterocycles. The maximum Gasteiger partial charge on any atom is 0.161 e. The number of rotatable bonds is 8. The van der Waals surface area contributed by atoms with Crippen molar-refractivity contribution in [2.24, 2.45) is 0 Å². The molecule has 122 valence electrons. The lowest BCUT2D eigenvalue weighted by atomic mass is 10.1. The first-order valence-electron chi connectivity index (χ1n) is 8.04. The molecule has 1 aliphatic rings. The number of hydrogen-bond donors (Lipinski definition) is 0. The van der Waals surface area contributed by atoms with Crippen LogP contribution in [-0.4, -0.2) is 63.3 Å². The van der Waals surface area contributed by atoms with E-state index in [0.717, 1.165) is 50.6 Å². The van der Waals surface area contributed by atoms with Crippen LogP contribution >= 0.6 is 0 Å². The predicted molar refractivity (Wildman–Crippen MR) is 90.9 cm³/mol. The van der Waals surface area contributed by atoms with Crippen molar-refractivity contribution in [2.45, 2.75) is 12.8 Å². The van der Waals surface area contributed by atoms with Gasteiger partial charge in [0.15, 0.2) is 11.5 Å². The molecule has 0 saturated carbocycles. The van der Waals surface area contributed by atoms with Crippen LogP contribution in [-0.2, 0) is 6.42 Å². The van der Waals surface area contributed by atoms with E-state index in [9.17, 15) is 0 Å². The van der Waals surface area contributed by atoms with Crippen LogP contribution in [0.1, 0.15) is 12.0 Å². The van der Waals surface area contributed by atoms with Gasteiger partial charge in [0, 0.05) is 32.7 Å². The number of hydrogen-bond acceptors (Lipinski definition) is 4. The van der Waals surface area contributed by atoms with Crippen LogP contribution < -0.4 is 9.47 Å². The lowest BCUT2D eigenvalue weighted by molar-refractivity contribution is 0.145. The minimum atomic E-state index is 0.726. The summed E-state index contributed by atoms with van der Waals surface area (Å²) in [5.41, 5.74) is 1.19. The summed E-state index contributed by atoms with van der Waals surface area (Å²) in [5, 5.41) is 0. The molecule has 0 radical (unpaired) electrons. The van der Waals surface area contributed by atoms with Gasteiger partial charge in [0.1, 0.15) is 0 Å². The molecule has 0 spiro atoms. The maximum atomic E-state index is 5.89. The summed E-state index contributed by atoms with van der Waals surface area (Å²) < 4.78 is 11.3. The minimum absolute atomic E-state index is 0.726. The first kappa shape index (κ1) is 16.8. The van der Waals surface area contributed by atoms with Crippen LogP contribution in [0.5, 0.6) is 11.5 Å². The van der Waals surface area contributed by atoms with E-state index in [4.69, 9.17) is 9.47 Å². The largest absolute Gasteiger partial charge is 0.493 e. The zero-order valence-corrected chi connectivity index (χ0v) is 13.9. The van der Waals surface area contributed by atoms with Gasteiger partial charge in [-0.3, -0.25) is 0 Å². The highest BCUT2D eigenvalue weighted by molar-refractivity contribution is 5.43. The molecular weight excluding hydrogens is 276 g/mol. The number of piperazine rings is 1. The third-order valence-electron chi connectivity index (χ3n) is 4.08. The second kappa shape index (κ2) is 8.81. The fourth-order valence-electron chi connectivity index (χ4n) is 2.67. The Balaban J connectivity index is 1.75. The first-order valence-corrected chi connectivity index (χ1v) is 8.04. The van der Waals surface area contributed by atoms with Gasteiger partial charge in [0.25, 0.3) is 0 Å². The maximum absolute atomic E-state index is 5.89. The average Bonchev–Trinajstić information content (AvgIpc) is 2.54. The van der Waals surface area contributed by atoms with E-state index >= 15 is 0 Å². The van der Waals surface area contributed by atoms with Crippen molar-refractivity contribution in [3.05, 3.63) is 36.4 Å². The van der Waals surface area contributed by atoms with Crippen molar-refractivity contribution in [1.82, 2.24) is 9.80 Å². The Hall–Kier alpha value is -1.52. The standard InChI is InChI=1S/C18H28N2O2/c1-4-6-16-7-8-17(18(15-16)21-3)22-14-5-9-20-12-10-19(2)11-13-20/h4,7-8,15H,1,5-6,9-14H2,2-3H3. The van der Waals surface area contributed by atoms with Crippen LogP contribution in [0.25, 0.3) is 0 Å². The summed E-state index contributed by atoms with van der Waals surface area (Å²) in [6, 6.07) is 6.09. The van der Waals surface area contributed by atoms with Gasteiger partial charge in [-0.05, 0) is 37.6 Å². The van der Waals surface area contributed by atoms with E-state index in [-0.39, 0.29) is 0 Å². The third kappa shape index (κ3) is 5.04. The Morgan fingerprint density at radius 3 is 2.64 bits per heavy atom. The summed E-state index contributed by atoms with van der Waals surface area (Å²) in [5.74, 6) is 1.63. The van der Waals surface area contributed by atoms with Crippen molar-refractivity contribution in [3.8, 4) is 11.5 Å². The fraction of sp³-hybridized carbons (Fsp3) is 0.556. The molecule has 4 nitrogen and oxygen atoms in total. The molecule has 4 heteroatoms. The Morgan fingerprint density at radius 2 is 1.95 bits per heavy atom. The van der Waals surface area contributed by atoms with Gasteiger partial charge in [-0.25, -0.2) is 0 Å². The zero-order chi connectivity index (χ0) is 15.8. The average molecular weight is 304 g/mol. The smallest absolute Gasteiger partial charge is 0.161 e. The number of nitrogens with zero attached hydrogens (tertiary/aromatic N) is 2. The fourth-order valence-corrected chi connectivity index (χ4v) is 2.67. The number of methoxy groups -OCH3 is 1. The molecule has 0 aliphatic carbocycles. The highest BCUT2D eigenvalue weighted by Gasteiger charge is 2.13. The van der Waals surface area contributed by atoms with Gasteiger partial charge in [0.2, 0.25) is 0 Å². The molecule has 1 aromatic carbocycles. The summed E-state index contributed by atoms with van der Waals surface area (Å²) in [4.78, 5) is 4.89.